The summed E-state index contributed by atoms with van der Waals surface area (Å²) in [5.74, 6) is 3.07. The van der Waals surface area contributed by atoms with Crippen molar-refractivity contribution in [2.45, 2.75) is 46.6 Å². The molecule has 5 heteroatoms. The maximum absolute atomic E-state index is 5.78. The maximum Gasteiger partial charge on any atom is 0.191 e. The van der Waals surface area contributed by atoms with Crippen molar-refractivity contribution >= 4 is 5.96 Å². The molecule has 0 spiro atoms. The van der Waals surface area contributed by atoms with Crippen LogP contribution in [0, 0.1) is 11.8 Å². The lowest BCUT2D eigenvalue weighted by Crippen LogP contribution is -2.39. The van der Waals surface area contributed by atoms with Crippen LogP contribution in [-0.2, 0) is 0 Å². The number of piperidine rings is 1. The minimum absolute atomic E-state index is 0.194. The summed E-state index contributed by atoms with van der Waals surface area (Å²) in [6, 6.07) is 8.57. The van der Waals surface area contributed by atoms with Crippen LogP contribution in [0.25, 0.3) is 0 Å². The van der Waals surface area contributed by atoms with Gasteiger partial charge in [-0.2, -0.15) is 0 Å². The van der Waals surface area contributed by atoms with Gasteiger partial charge < -0.3 is 20.3 Å². The van der Waals surface area contributed by atoms with Crippen LogP contribution < -0.4 is 15.4 Å². The average molecular weight is 375 g/mol. The van der Waals surface area contributed by atoms with Crippen molar-refractivity contribution in [3.05, 3.63) is 29.8 Å². The van der Waals surface area contributed by atoms with Crippen LogP contribution in [0.2, 0.25) is 0 Å². The Morgan fingerprint density at radius 3 is 2.44 bits per heavy atom. The molecule has 0 radical (unpaired) electrons. The van der Waals surface area contributed by atoms with Crippen LogP contribution >= 0.6 is 0 Å². The fourth-order valence-electron chi connectivity index (χ4n) is 3.19. The number of likely N-dealkylation sites (tertiary alicyclic amines) is 1. The van der Waals surface area contributed by atoms with Crippen molar-refractivity contribution < 1.29 is 4.74 Å². The van der Waals surface area contributed by atoms with Crippen molar-refractivity contribution in [1.82, 2.24) is 15.5 Å². The third kappa shape index (κ3) is 7.79. The molecule has 1 aliphatic rings. The maximum atomic E-state index is 5.78. The SMILES string of the molecule is CCNC(=NCC1CCN(C)CC1)NC(C)c1ccc(OCC(C)C)cc1. The fourth-order valence-corrected chi connectivity index (χ4v) is 3.19. The molecular formula is C22H38N4O. The topological polar surface area (TPSA) is 48.9 Å². The van der Waals surface area contributed by atoms with Crippen LogP contribution in [0.1, 0.15) is 52.1 Å². The summed E-state index contributed by atoms with van der Waals surface area (Å²) < 4.78 is 5.78. The molecule has 1 atom stereocenters. The molecule has 152 valence electrons. The highest BCUT2D eigenvalue weighted by atomic mass is 16.5. The zero-order valence-corrected chi connectivity index (χ0v) is 17.8. The van der Waals surface area contributed by atoms with Crippen LogP contribution in [-0.4, -0.2) is 50.7 Å². The third-order valence-corrected chi connectivity index (χ3v) is 5.01. The lowest BCUT2D eigenvalue weighted by Gasteiger charge is -2.28. The number of rotatable bonds is 8. The minimum atomic E-state index is 0.194. The Morgan fingerprint density at radius 1 is 1.19 bits per heavy atom. The van der Waals surface area contributed by atoms with Gasteiger partial charge in [-0.25, -0.2) is 0 Å². The molecule has 27 heavy (non-hydrogen) atoms. The van der Waals surface area contributed by atoms with Gasteiger partial charge in [0.25, 0.3) is 0 Å². The summed E-state index contributed by atoms with van der Waals surface area (Å²) in [5.41, 5.74) is 1.23. The lowest BCUT2D eigenvalue weighted by molar-refractivity contribution is 0.223. The third-order valence-electron chi connectivity index (χ3n) is 5.01. The number of guanidine groups is 1. The summed E-state index contributed by atoms with van der Waals surface area (Å²) in [4.78, 5) is 7.25. The van der Waals surface area contributed by atoms with E-state index in [1.165, 1.54) is 31.5 Å². The first-order chi connectivity index (χ1) is 13.0. The molecule has 5 nitrogen and oxygen atoms in total. The van der Waals surface area contributed by atoms with E-state index in [1.807, 2.05) is 0 Å². The molecule has 0 aliphatic carbocycles. The molecule has 2 N–H and O–H groups in total. The highest BCUT2D eigenvalue weighted by Gasteiger charge is 2.16. The van der Waals surface area contributed by atoms with Crippen molar-refractivity contribution in [2.75, 3.05) is 39.8 Å². The smallest absolute Gasteiger partial charge is 0.191 e. The van der Waals surface area contributed by atoms with Gasteiger partial charge in [0.15, 0.2) is 5.96 Å². The van der Waals surface area contributed by atoms with E-state index in [4.69, 9.17) is 9.73 Å². The summed E-state index contributed by atoms with van der Waals surface area (Å²) in [6.07, 6.45) is 2.49. The second-order valence-corrected chi connectivity index (χ2v) is 8.11. The van der Waals surface area contributed by atoms with Gasteiger partial charge in [-0.15, -0.1) is 0 Å². The molecule has 0 saturated carbocycles. The Hall–Kier alpha value is -1.75. The first-order valence-electron chi connectivity index (χ1n) is 10.4. The summed E-state index contributed by atoms with van der Waals surface area (Å²) in [6.45, 7) is 13.5. The highest BCUT2D eigenvalue weighted by molar-refractivity contribution is 5.80. The van der Waals surface area contributed by atoms with Crippen molar-refractivity contribution in [3.8, 4) is 5.75 Å². The van der Waals surface area contributed by atoms with Gasteiger partial charge in [0.05, 0.1) is 12.6 Å². The lowest BCUT2D eigenvalue weighted by atomic mass is 9.97. The largest absolute Gasteiger partial charge is 0.493 e. The minimum Gasteiger partial charge on any atom is -0.493 e. The van der Waals surface area contributed by atoms with E-state index in [1.54, 1.807) is 0 Å². The normalized spacial score (nSPS) is 17.8. The van der Waals surface area contributed by atoms with Crippen LogP contribution in [0.4, 0.5) is 0 Å². The van der Waals surface area contributed by atoms with Crippen molar-refractivity contribution in [2.24, 2.45) is 16.8 Å². The molecule has 1 aliphatic heterocycles. The average Bonchev–Trinajstić information content (AvgIpc) is 2.66. The van der Waals surface area contributed by atoms with Crippen molar-refractivity contribution in [1.29, 1.82) is 0 Å². The van der Waals surface area contributed by atoms with Gasteiger partial charge in [0.1, 0.15) is 5.75 Å². The Morgan fingerprint density at radius 2 is 1.85 bits per heavy atom. The van der Waals surface area contributed by atoms with E-state index in [0.717, 1.165) is 31.4 Å². The zero-order valence-electron chi connectivity index (χ0n) is 17.8. The highest BCUT2D eigenvalue weighted by Crippen LogP contribution is 2.19. The van der Waals surface area contributed by atoms with E-state index >= 15 is 0 Å². The second kappa shape index (κ2) is 11.2. The number of nitrogens with zero attached hydrogens (tertiary/aromatic N) is 2. The van der Waals surface area contributed by atoms with Crippen molar-refractivity contribution in [3.63, 3.8) is 0 Å². The Kier molecular flexibility index (Phi) is 8.92. The first kappa shape index (κ1) is 21.5. The molecule has 1 unspecified atom stereocenters. The molecular weight excluding hydrogens is 336 g/mol. The molecule has 2 rings (SSSR count). The molecule has 0 bridgehead atoms. The summed E-state index contributed by atoms with van der Waals surface area (Å²) in [7, 11) is 2.20. The van der Waals surface area contributed by atoms with Gasteiger partial charge in [-0.05, 0) is 76.4 Å². The summed E-state index contributed by atoms with van der Waals surface area (Å²) >= 11 is 0. The standard InChI is InChI=1S/C22H38N4O/c1-6-23-22(24-15-19-11-13-26(5)14-12-19)25-18(4)20-7-9-21(10-8-20)27-16-17(2)3/h7-10,17-19H,6,11-16H2,1-5H3,(H2,23,24,25). The van der Waals surface area contributed by atoms with Crippen LogP contribution in [0.15, 0.2) is 29.3 Å². The molecule has 0 aromatic heterocycles. The van der Waals surface area contributed by atoms with Gasteiger partial charge in [-0.3, -0.25) is 4.99 Å². The van der Waals surface area contributed by atoms with Crippen LogP contribution in [0.5, 0.6) is 5.75 Å². The van der Waals surface area contributed by atoms with Gasteiger partial charge in [-0.1, -0.05) is 26.0 Å². The van der Waals surface area contributed by atoms with Gasteiger partial charge >= 0.3 is 0 Å². The monoisotopic (exact) mass is 374 g/mol. The van der Waals surface area contributed by atoms with E-state index in [9.17, 15) is 0 Å². The molecule has 1 aromatic carbocycles. The zero-order chi connectivity index (χ0) is 19.6. The molecule has 1 heterocycles. The number of benzene rings is 1. The van der Waals surface area contributed by atoms with E-state index in [2.05, 4.69) is 74.5 Å². The van der Waals surface area contributed by atoms with E-state index < -0.39 is 0 Å². The van der Waals surface area contributed by atoms with E-state index in [-0.39, 0.29) is 6.04 Å². The Balaban J connectivity index is 1.89. The Bertz CT molecular complexity index is 562. The molecule has 0 amide bonds. The molecule has 1 aromatic rings. The molecule has 1 saturated heterocycles. The quantitative estimate of drug-likeness (QED) is 0.538. The second-order valence-electron chi connectivity index (χ2n) is 8.11. The first-order valence-corrected chi connectivity index (χ1v) is 10.4. The predicted octanol–water partition coefficient (Wildman–Crippen LogP) is 3.68. The number of hydrogen-bond acceptors (Lipinski definition) is 3. The number of nitrogens with one attached hydrogen (secondary N) is 2. The number of hydrogen-bond donors (Lipinski definition) is 2. The number of ether oxygens (including phenoxy) is 1. The Labute approximate surface area is 165 Å². The predicted molar refractivity (Wildman–Crippen MR) is 115 cm³/mol. The van der Waals surface area contributed by atoms with E-state index in [0.29, 0.717) is 11.8 Å². The van der Waals surface area contributed by atoms with Crippen LogP contribution in [0.3, 0.4) is 0 Å². The van der Waals surface area contributed by atoms with Gasteiger partial charge in [0.2, 0.25) is 0 Å². The molecule has 1 fully saturated rings. The fraction of sp³-hybridized carbons (Fsp3) is 0.682. The summed E-state index contributed by atoms with van der Waals surface area (Å²) in [5, 5.41) is 6.92. The number of aliphatic imine (C=N–C) groups is 1. The van der Waals surface area contributed by atoms with Gasteiger partial charge in [0, 0.05) is 13.1 Å².